The molecule has 1 aromatic heterocycles. The minimum atomic E-state index is -0.739. The number of hydrogen-bond acceptors (Lipinski definition) is 6. The van der Waals surface area contributed by atoms with Crippen molar-refractivity contribution in [2.45, 2.75) is 38.6 Å². The lowest BCUT2D eigenvalue weighted by Crippen LogP contribution is -2.51. The number of likely N-dealkylation sites (N-methyl/N-ethyl adjacent to an activating group) is 1. The van der Waals surface area contributed by atoms with Gasteiger partial charge in [-0.15, -0.1) is 4.68 Å². The van der Waals surface area contributed by atoms with E-state index in [2.05, 4.69) is 22.4 Å². The SMILES string of the molecule is CCN(C(=O)n1nnn(-c2c(Cl)cccc2Cl)c1=O)C1CCC(C(=O)N2CCN(C)CC2)CC1. The van der Waals surface area contributed by atoms with E-state index in [9.17, 15) is 14.4 Å². The van der Waals surface area contributed by atoms with Crippen LogP contribution >= 0.6 is 23.2 Å². The first-order chi connectivity index (χ1) is 16.3. The topological polar surface area (TPSA) is 96.6 Å². The number of tetrazole rings is 1. The second kappa shape index (κ2) is 10.5. The van der Waals surface area contributed by atoms with E-state index >= 15 is 0 Å². The zero-order chi connectivity index (χ0) is 24.4. The van der Waals surface area contributed by atoms with E-state index in [0.29, 0.717) is 19.4 Å². The average Bonchev–Trinajstić information content (AvgIpc) is 3.21. The van der Waals surface area contributed by atoms with Crippen LogP contribution in [0.1, 0.15) is 32.6 Å². The Bertz CT molecular complexity index is 1080. The van der Waals surface area contributed by atoms with Crippen LogP contribution in [0.4, 0.5) is 4.79 Å². The first kappa shape index (κ1) is 24.7. The third-order valence-electron chi connectivity index (χ3n) is 6.80. The molecule has 0 bridgehead atoms. The number of carbonyl (C=O) groups is 2. The molecule has 1 aliphatic carbocycles. The summed E-state index contributed by atoms with van der Waals surface area (Å²) in [4.78, 5) is 44.9. The Kier molecular flexibility index (Phi) is 7.59. The highest BCUT2D eigenvalue weighted by atomic mass is 35.5. The second-order valence-corrected chi connectivity index (χ2v) is 9.67. The molecule has 34 heavy (non-hydrogen) atoms. The van der Waals surface area contributed by atoms with Crippen LogP contribution in [-0.2, 0) is 4.79 Å². The number of nitrogens with zero attached hydrogens (tertiary/aromatic N) is 7. The number of piperazine rings is 1. The molecule has 1 aromatic carbocycles. The highest BCUT2D eigenvalue weighted by Gasteiger charge is 2.35. The summed E-state index contributed by atoms with van der Waals surface area (Å²) in [6, 6.07) is 4.19. The Labute approximate surface area is 208 Å². The van der Waals surface area contributed by atoms with Gasteiger partial charge in [0.2, 0.25) is 5.91 Å². The maximum atomic E-state index is 13.2. The Morgan fingerprint density at radius 1 is 1.03 bits per heavy atom. The van der Waals surface area contributed by atoms with E-state index < -0.39 is 11.7 Å². The fourth-order valence-corrected chi connectivity index (χ4v) is 5.35. The lowest BCUT2D eigenvalue weighted by atomic mass is 9.84. The van der Waals surface area contributed by atoms with E-state index in [1.54, 1.807) is 23.1 Å². The molecule has 1 saturated heterocycles. The van der Waals surface area contributed by atoms with E-state index in [-0.39, 0.29) is 33.6 Å². The molecule has 10 nitrogen and oxygen atoms in total. The van der Waals surface area contributed by atoms with Crippen molar-refractivity contribution in [3.63, 3.8) is 0 Å². The number of carbonyl (C=O) groups excluding carboxylic acids is 2. The molecule has 2 fully saturated rings. The lowest BCUT2D eigenvalue weighted by Gasteiger charge is -2.38. The molecule has 0 atom stereocenters. The highest BCUT2D eigenvalue weighted by Crippen LogP contribution is 2.30. The number of aromatic nitrogens is 4. The van der Waals surface area contributed by atoms with Gasteiger partial charge in [-0.1, -0.05) is 29.3 Å². The number of halogens is 2. The summed E-state index contributed by atoms with van der Waals surface area (Å²) in [7, 11) is 2.07. The van der Waals surface area contributed by atoms with Crippen LogP contribution in [0.25, 0.3) is 5.69 Å². The van der Waals surface area contributed by atoms with Crippen LogP contribution in [0.2, 0.25) is 10.0 Å². The summed E-state index contributed by atoms with van der Waals surface area (Å²) in [5.74, 6) is 0.205. The van der Waals surface area contributed by atoms with Gasteiger partial charge < -0.3 is 14.7 Å². The Hall–Kier alpha value is -2.43. The molecular formula is C22H29Cl2N7O3. The number of benzene rings is 1. The van der Waals surface area contributed by atoms with Gasteiger partial charge in [0.05, 0.1) is 10.0 Å². The molecule has 0 unspecified atom stereocenters. The third kappa shape index (κ3) is 4.85. The monoisotopic (exact) mass is 509 g/mol. The van der Waals surface area contributed by atoms with E-state index in [1.807, 2.05) is 11.8 Å². The van der Waals surface area contributed by atoms with Crippen molar-refractivity contribution < 1.29 is 9.59 Å². The van der Waals surface area contributed by atoms with Crippen molar-refractivity contribution in [2.75, 3.05) is 39.8 Å². The zero-order valence-electron chi connectivity index (χ0n) is 19.4. The third-order valence-corrected chi connectivity index (χ3v) is 7.41. The summed E-state index contributed by atoms with van der Waals surface area (Å²) >= 11 is 12.4. The van der Waals surface area contributed by atoms with Crippen molar-refractivity contribution in [1.29, 1.82) is 0 Å². The summed E-state index contributed by atoms with van der Waals surface area (Å²) in [6.07, 6.45) is 2.83. The molecule has 4 rings (SSSR count). The number of hydrogen-bond donors (Lipinski definition) is 0. The van der Waals surface area contributed by atoms with Crippen molar-refractivity contribution in [2.24, 2.45) is 5.92 Å². The molecule has 184 valence electrons. The fraction of sp³-hybridized carbons (Fsp3) is 0.591. The van der Waals surface area contributed by atoms with E-state index in [4.69, 9.17) is 23.2 Å². The predicted octanol–water partition coefficient (Wildman–Crippen LogP) is 2.36. The lowest BCUT2D eigenvalue weighted by molar-refractivity contribution is -0.138. The highest BCUT2D eigenvalue weighted by molar-refractivity contribution is 6.37. The average molecular weight is 510 g/mol. The van der Waals surface area contributed by atoms with Crippen LogP contribution in [0.5, 0.6) is 0 Å². The van der Waals surface area contributed by atoms with Gasteiger partial charge in [0.1, 0.15) is 5.69 Å². The molecule has 0 radical (unpaired) electrons. The molecule has 1 aliphatic heterocycles. The maximum Gasteiger partial charge on any atom is 0.377 e. The summed E-state index contributed by atoms with van der Waals surface area (Å²) in [5.41, 5.74) is -0.557. The molecule has 2 aromatic rings. The van der Waals surface area contributed by atoms with Gasteiger partial charge in [0, 0.05) is 44.7 Å². The van der Waals surface area contributed by atoms with Crippen molar-refractivity contribution in [3.05, 3.63) is 38.7 Å². The maximum absolute atomic E-state index is 13.2. The van der Waals surface area contributed by atoms with Crippen molar-refractivity contribution in [1.82, 2.24) is 34.5 Å². The predicted molar refractivity (Wildman–Crippen MR) is 129 cm³/mol. The standard InChI is InChI=1S/C22H29Cl2N7O3/c1-3-29(16-9-7-15(8-10-16)20(32)28-13-11-27(2)12-14-28)21(33)31-22(34)30(25-26-31)19-17(23)5-4-6-18(19)24/h4-6,15-16H,3,7-14H2,1-2H3. The van der Waals surface area contributed by atoms with Gasteiger partial charge in [-0.2, -0.15) is 4.68 Å². The molecule has 1 saturated carbocycles. The number of amides is 2. The second-order valence-electron chi connectivity index (χ2n) is 8.86. The van der Waals surface area contributed by atoms with Crippen LogP contribution in [-0.4, -0.2) is 92.2 Å². The molecule has 2 aliphatic rings. The number of para-hydroxylation sites is 1. The molecule has 0 spiro atoms. The molecule has 0 N–H and O–H groups in total. The van der Waals surface area contributed by atoms with Crippen LogP contribution in [0.3, 0.4) is 0 Å². The smallest absolute Gasteiger partial charge is 0.340 e. The Balaban J connectivity index is 1.44. The minimum absolute atomic E-state index is 0.0144. The molecule has 2 amide bonds. The largest absolute Gasteiger partial charge is 0.377 e. The fourth-order valence-electron chi connectivity index (χ4n) is 4.79. The Morgan fingerprint density at radius 2 is 1.65 bits per heavy atom. The minimum Gasteiger partial charge on any atom is -0.340 e. The summed E-state index contributed by atoms with van der Waals surface area (Å²) in [6.45, 7) is 5.60. The van der Waals surface area contributed by atoms with E-state index in [1.165, 1.54) is 0 Å². The summed E-state index contributed by atoms with van der Waals surface area (Å²) < 4.78 is 1.67. The van der Waals surface area contributed by atoms with Gasteiger partial charge in [0.25, 0.3) is 0 Å². The van der Waals surface area contributed by atoms with Gasteiger partial charge in [-0.05, 0) is 62.2 Å². The number of rotatable bonds is 4. The van der Waals surface area contributed by atoms with Gasteiger partial charge >= 0.3 is 11.7 Å². The first-order valence-corrected chi connectivity index (χ1v) is 12.3. The van der Waals surface area contributed by atoms with Gasteiger partial charge in [0.15, 0.2) is 0 Å². The molecule has 2 heterocycles. The van der Waals surface area contributed by atoms with Crippen LogP contribution in [0.15, 0.2) is 23.0 Å². The summed E-state index contributed by atoms with van der Waals surface area (Å²) in [5, 5.41) is 8.08. The molecule has 12 heteroatoms. The van der Waals surface area contributed by atoms with E-state index in [0.717, 1.165) is 48.4 Å². The van der Waals surface area contributed by atoms with Crippen LogP contribution < -0.4 is 5.69 Å². The molecular weight excluding hydrogens is 481 g/mol. The van der Waals surface area contributed by atoms with Crippen molar-refractivity contribution in [3.8, 4) is 5.69 Å². The van der Waals surface area contributed by atoms with Crippen LogP contribution in [0, 0.1) is 5.92 Å². The quantitative estimate of drug-likeness (QED) is 0.586. The van der Waals surface area contributed by atoms with Gasteiger partial charge in [-0.3, -0.25) is 4.79 Å². The van der Waals surface area contributed by atoms with Crippen molar-refractivity contribution >= 4 is 35.1 Å². The Morgan fingerprint density at radius 3 is 2.24 bits per heavy atom. The van der Waals surface area contributed by atoms with Gasteiger partial charge in [-0.25, -0.2) is 9.59 Å². The normalized spacial score (nSPS) is 21.5. The first-order valence-electron chi connectivity index (χ1n) is 11.6. The zero-order valence-corrected chi connectivity index (χ0v) is 20.9.